The Morgan fingerprint density at radius 3 is 2.67 bits per heavy atom. The normalized spacial score (nSPS) is 22.6. The van der Waals surface area contributed by atoms with Crippen molar-refractivity contribution < 1.29 is 37.3 Å². The molecular formula is C19H24N10O8S2. The zero-order valence-electron chi connectivity index (χ0n) is 20.1. The fourth-order valence-corrected chi connectivity index (χ4v) is 5.31. The molecule has 2 amide bonds. The molecule has 5 rings (SSSR count). The molecule has 7 N–H and O–H groups in total. The summed E-state index contributed by atoms with van der Waals surface area (Å²) >= 11 is 0.982. The Kier molecular flexibility index (Phi) is 6.97. The van der Waals surface area contributed by atoms with Crippen LogP contribution < -0.4 is 21.7 Å². The minimum atomic E-state index is -4.97. The summed E-state index contributed by atoms with van der Waals surface area (Å²) in [5.41, 5.74) is 4.13. The molecule has 0 bridgehead atoms. The van der Waals surface area contributed by atoms with E-state index < -0.39 is 51.5 Å². The first kappa shape index (κ1) is 26.9. The van der Waals surface area contributed by atoms with Gasteiger partial charge in [0.25, 0.3) is 11.8 Å². The second-order valence-corrected chi connectivity index (χ2v) is 11.3. The van der Waals surface area contributed by atoms with Gasteiger partial charge in [0.05, 0.1) is 18.4 Å². The van der Waals surface area contributed by atoms with Gasteiger partial charge in [0.1, 0.15) is 17.8 Å². The molecule has 0 aromatic carbocycles. The number of nitrogens with one attached hydrogen (secondary N) is 3. The summed E-state index contributed by atoms with van der Waals surface area (Å²) in [5.74, 6) is -3.37. The molecule has 1 aliphatic carbocycles. The van der Waals surface area contributed by atoms with Crippen LogP contribution >= 0.6 is 11.3 Å². The number of carboxylic acids is 1. The predicted molar refractivity (Wildman–Crippen MR) is 131 cm³/mol. The third-order valence-electron chi connectivity index (χ3n) is 6.38. The maximum Gasteiger partial charge on any atom is 0.362 e. The maximum absolute atomic E-state index is 13.2. The van der Waals surface area contributed by atoms with Crippen LogP contribution in [0.15, 0.2) is 16.7 Å². The molecule has 3 fully saturated rings. The SMILES string of the molecule is Nc1nc(/C(=N/OC2(C(=O)O)CC2)C(=O)NC2C(=O)N(S(=O)(=O)O)C2Cn2ncc(CNC3CNC3)n2)cs1. The van der Waals surface area contributed by atoms with Crippen molar-refractivity contribution in [1.29, 1.82) is 0 Å². The molecule has 20 heteroatoms. The summed E-state index contributed by atoms with van der Waals surface area (Å²) in [5, 5.41) is 31.6. The molecule has 0 radical (unpaired) electrons. The van der Waals surface area contributed by atoms with Crippen LogP contribution in [-0.2, 0) is 42.6 Å². The third-order valence-corrected chi connectivity index (χ3v) is 8.00. The highest BCUT2D eigenvalue weighted by atomic mass is 32.2. The van der Waals surface area contributed by atoms with Gasteiger partial charge in [-0.1, -0.05) is 5.16 Å². The minimum absolute atomic E-state index is 0.0429. The first-order valence-corrected chi connectivity index (χ1v) is 13.9. The number of aliphatic carboxylic acids is 1. The Morgan fingerprint density at radius 2 is 2.10 bits per heavy atom. The van der Waals surface area contributed by atoms with Crippen LogP contribution in [0.4, 0.5) is 5.13 Å². The van der Waals surface area contributed by atoms with E-state index in [9.17, 15) is 32.5 Å². The number of aromatic nitrogens is 4. The van der Waals surface area contributed by atoms with Crippen LogP contribution in [0.1, 0.15) is 24.2 Å². The van der Waals surface area contributed by atoms with Crippen molar-refractivity contribution in [2.24, 2.45) is 5.16 Å². The van der Waals surface area contributed by atoms with E-state index in [1.165, 1.54) is 11.6 Å². The number of amides is 2. The van der Waals surface area contributed by atoms with Crippen molar-refractivity contribution in [3.63, 3.8) is 0 Å². The second kappa shape index (κ2) is 10.1. The van der Waals surface area contributed by atoms with Gasteiger partial charge in [0.2, 0.25) is 5.60 Å². The van der Waals surface area contributed by atoms with Crippen LogP contribution in [0.2, 0.25) is 0 Å². The zero-order chi connectivity index (χ0) is 27.9. The van der Waals surface area contributed by atoms with Gasteiger partial charge in [-0.25, -0.2) is 14.1 Å². The molecule has 2 aliphatic heterocycles. The number of nitrogens with two attached hydrogens (primary N) is 1. The Morgan fingerprint density at radius 1 is 1.36 bits per heavy atom. The van der Waals surface area contributed by atoms with Gasteiger partial charge in [-0.3, -0.25) is 14.1 Å². The van der Waals surface area contributed by atoms with Crippen LogP contribution in [0.5, 0.6) is 0 Å². The van der Waals surface area contributed by atoms with Gasteiger partial charge in [0, 0.05) is 43.9 Å². The van der Waals surface area contributed by atoms with Crippen LogP contribution in [0.25, 0.3) is 0 Å². The van der Waals surface area contributed by atoms with Gasteiger partial charge in [-0.2, -0.15) is 23.4 Å². The average molecular weight is 585 g/mol. The fourth-order valence-electron chi connectivity index (χ4n) is 3.89. The Balaban J connectivity index is 1.33. The molecule has 2 aromatic heterocycles. The first-order valence-electron chi connectivity index (χ1n) is 11.6. The van der Waals surface area contributed by atoms with E-state index in [-0.39, 0.29) is 34.5 Å². The molecular weight excluding hydrogens is 560 g/mol. The number of carbonyl (C=O) groups excluding carboxylic acids is 2. The maximum atomic E-state index is 13.2. The van der Waals surface area contributed by atoms with Gasteiger partial charge in [-0.05, 0) is 0 Å². The van der Waals surface area contributed by atoms with E-state index in [0.29, 0.717) is 18.3 Å². The lowest BCUT2D eigenvalue weighted by molar-refractivity contribution is -0.153. The third kappa shape index (κ3) is 5.54. The number of β-lactam (4-membered cyclic amide) rings is 1. The summed E-state index contributed by atoms with van der Waals surface area (Å²) in [7, 11) is -4.97. The molecule has 0 spiro atoms. The van der Waals surface area contributed by atoms with Crippen LogP contribution in [-0.4, -0.2) is 103 Å². The molecule has 4 heterocycles. The number of hydrogen-bond donors (Lipinski definition) is 6. The standard InChI is InChI=1S/C19H24N10O8S2/c20-18-24-11(8-38-18)13(27-37-19(1-2-19)17(32)33)15(30)25-14-12(29(16(14)31)39(34,35)36)7-28-23-6-10(26-28)5-22-9-3-21-4-9/h6,8-9,12,14,21-22H,1-5,7H2,(H2,20,24)(H,25,30)(H,32,33)(H,34,35,36)/b27-13-. The van der Waals surface area contributed by atoms with Gasteiger partial charge in [0.15, 0.2) is 10.8 Å². The lowest BCUT2D eigenvalue weighted by Crippen LogP contribution is -2.73. The number of rotatable bonds is 12. The first-order chi connectivity index (χ1) is 18.5. The summed E-state index contributed by atoms with van der Waals surface area (Å²) in [6, 6.07) is -2.41. The number of carboxylic acid groups (broad SMARTS) is 1. The van der Waals surface area contributed by atoms with Crippen molar-refractivity contribution in [1.82, 2.24) is 40.2 Å². The number of nitrogens with zero attached hydrogens (tertiary/aromatic N) is 6. The average Bonchev–Trinajstić information content (AvgIpc) is 3.30. The lowest BCUT2D eigenvalue weighted by atomic mass is 9.98. The van der Waals surface area contributed by atoms with E-state index in [1.54, 1.807) is 0 Å². The molecule has 18 nitrogen and oxygen atoms in total. The van der Waals surface area contributed by atoms with E-state index in [4.69, 9.17) is 10.6 Å². The van der Waals surface area contributed by atoms with Crippen molar-refractivity contribution in [2.45, 2.75) is 49.7 Å². The predicted octanol–water partition coefficient (Wildman–Crippen LogP) is -3.09. The molecule has 2 saturated heterocycles. The summed E-state index contributed by atoms with van der Waals surface area (Å²) in [6.07, 6.45) is 1.83. The highest BCUT2D eigenvalue weighted by Crippen LogP contribution is 2.40. The lowest BCUT2D eigenvalue weighted by Gasteiger charge is -2.43. The molecule has 2 unspecified atom stereocenters. The molecule has 210 valence electrons. The van der Waals surface area contributed by atoms with Crippen molar-refractivity contribution in [2.75, 3.05) is 18.8 Å². The monoisotopic (exact) mass is 584 g/mol. The van der Waals surface area contributed by atoms with Crippen molar-refractivity contribution in [3.05, 3.63) is 23.0 Å². The van der Waals surface area contributed by atoms with Gasteiger partial charge in [-0.15, -0.1) is 11.3 Å². The zero-order valence-corrected chi connectivity index (χ0v) is 21.7. The Hall–Kier alpha value is -3.72. The Labute approximate surface area is 224 Å². The second-order valence-electron chi connectivity index (χ2n) is 9.16. The topological polar surface area (TPSA) is 256 Å². The summed E-state index contributed by atoms with van der Waals surface area (Å²) in [6.45, 7) is 1.77. The van der Waals surface area contributed by atoms with Crippen molar-refractivity contribution >= 4 is 50.3 Å². The summed E-state index contributed by atoms with van der Waals surface area (Å²) in [4.78, 5) is 47.5. The van der Waals surface area contributed by atoms with Gasteiger partial charge < -0.3 is 31.6 Å². The van der Waals surface area contributed by atoms with E-state index in [0.717, 1.165) is 29.2 Å². The smallest absolute Gasteiger partial charge is 0.362 e. The van der Waals surface area contributed by atoms with E-state index >= 15 is 0 Å². The molecule has 2 atom stereocenters. The van der Waals surface area contributed by atoms with E-state index in [2.05, 4.69) is 36.3 Å². The fraction of sp³-hybridized carbons (Fsp3) is 0.526. The summed E-state index contributed by atoms with van der Waals surface area (Å²) < 4.78 is 33.6. The van der Waals surface area contributed by atoms with Crippen LogP contribution in [0.3, 0.4) is 0 Å². The number of oxime groups is 1. The van der Waals surface area contributed by atoms with Gasteiger partial charge >= 0.3 is 16.3 Å². The quantitative estimate of drug-likeness (QED) is 0.0626. The van der Waals surface area contributed by atoms with Crippen LogP contribution in [0, 0.1) is 0 Å². The number of nitrogen functional groups attached to an aromatic ring is 1. The number of anilines is 1. The molecule has 2 aromatic rings. The minimum Gasteiger partial charge on any atom is -0.478 e. The largest absolute Gasteiger partial charge is 0.478 e. The highest BCUT2D eigenvalue weighted by molar-refractivity contribution is 7.84. The number of thiazole rings is 1. The number of hydrogen-bond acceptors (Lipinski definition) is 14. The van der Waals surface area contributed by atoms with E-state index in [1.807, 2.05) is 0 Å². The Bertz CT molecular complexity index is 1430. The molecule has 3 aliphatic rings. The highest BCUT2D eigenvalue weighted by Gasteiger charge is 2.56. The molecule has 1 saturated carbocycles. The number of carbonyl (C=O) groups is 3. The van der Waals surface area contributed by atoms with Crippen molar-refractivity contribution in [3.8, 4) is 0 Å². The molecule has 39 heavy (non-hydrogen) atoms.